The molecule has 0 radical (unpaired) electrons. The molecule has 15 nitrogen and oxygen atoms in total. The molecule has 75 heavy (non-hydrogen) atoms. The van der Waals surface area contributed by atoms with Gasteiger partial charge in [-0.25, -0.2) is 0 Å². The summed E-state index contributed by atoms with van der Waals surface area (Å²) in [7, 11) is 10.0. The van der Waals surface area contributed by atoms with Crippen molar-refractivity contribution in [2.45, 2.75) is 38.9 Å². The number of nitrogens with zero attached hydrogens (tertiary/aromatic N) is 3. The topological polar surface area (TPSA) is 122 Å². The van der Waals surface area contributed by atoms with Crippen molar-refractivity contribution >= 4 is 32.3 Å². The van der Waals surface area contributed by atoms with Crippen LogP contribution in [-0.2, 0) is 38.9 Å². The van der Waals surface area contributed by atoms with E-state index in [2.05, 4.69) is 105 Å². The Bertz CT molecular complexity index is 3430. The first kappa shape index (κ1) is 46.0. The van der Waals surface area contributed by atoms with Crippen molar-refractivity contribution in [1.29, 1.82) is 0 Å². The van der Waals surface area contributed by atoms with Crippen LogP contribution >= 0.6 is 0 Å². The molecule has 6 aromatic carbocycles. The number of rotatable bonds is 6. The van der Waals surface area contributed by atoms with Gasteiger partial charge in [0.25, 0.3) is 0 Å². The maximum atomic E-state index is 5.60. The van der Waals surface area contributed by atoms with Gasteiger partial charge in [-0.05, 0) is 106 Å². The Morgan fingerprint density at radius 2 is 0.613 bits per heavy atom. The molecule has 378 valence electrons. The molecule has 0 saturated carbocycles. The van der Waals surface area contributed by atoms with Gasteiger partial charge in [0.1, 0.15) is 0 Å². The van der Waals surface area contributed by atoms with E-state index in [0.29, 0.717) is 20.4 Å². The zero-order valence-electron chi connectivity index (χ0n) is 42.5. The molecule has 3 aromatic heterocycles. The number of methoxy groups -OCH3 is 6. The van der Waals surface area contributed by atoms with Crippen LogP contribution in [0.2, 0.25) is 0 Å². The third-order valence-corrected chi connectivity index (χ3v) is 15.0. The highest BCUT2D eigenvalue weighted by atomic mass is 16.7. The first-order valence-electron chi connectivity index (χ1n) is 24.9. The van der Waals surface area contributed by atoms with Crippen LogP contribution in [0.15, 0.2) is 110 Å². The first-order valence-corrected chi connectivity index (χ1v) is 24.9. The van der Waals surface area contributed by atoms with Gasteiger partial charge in [0, 0.05) is 37.5 Å². The van der Waals surface area contributed by atoms with Gasteiger partial charge in [0.15, 0.2) is 107 Å². The molecule has 0 aliphatic carbocycles. The third-order valence-electron chi connectivity index (χ3n) is 15.0. The summed E-state index contributed by atoms with van der Waals surface area (Å²) in [5.74, 6) is 9.54. The van der Waals surface area contributed by atoms with Crippen molar-refractivity contribution in [3.05, 3.63) is 126 Å². The lowest BCUT2D eigenvalue weighted by Gasteiger charge is -2.17. The highest BCUT2D eigenvalue weighted by Crippen LogP contribution is 2.45. The van der Waals surface area contributed by atoms with Gasteiger partial charge in [-0.2, -0.15) is 13.7 Å². The largest absolute Gasteiger partial charge is 0.493 e. The second-order valence-electron chi connectivity index (χ2n) is 18.8. The van der Waals surface area contributed by atoms with Crippen LogP contribution in [0.4, 0.5) is 0 Å². The number of ether oxygens (including phenoxy) is 12. The van der Waals surface area contributed by atoms with Crippen LogP contribution in [0.3, 0.4) is 0 Å². The molecule has 0 unspecified atom stereocenters. The number of hydrogen-bond donors (Lipinski definition) is 0. The van der Waals surface area contributed by atoms with Crippen molar-refractivity contribution < 1.29 is 70.5 Å². The Morgan fingerprint density at radius 1 is 0.333 bits per heavy atom. The smallest absolute Gasteiger partial charge is 0.231 e. The van der Waals surface area contributed by atoms with Gasteiger partial charge < -0.3 is 56.8 Å². The van der Waals surface area contributed by atoms with Gasteiger partial charge in [0.2, 0.25) is 37.5 Å². The molecule has 0 saturated heterocycles. The predicted octanol–water partition coefficient (Wildman–Crippen LogP) is 9.29. The maximum absolute atomic E-state index is 5.60. The van der Waals surface area contributed by atoms with Crippen LogP contribution in [0, 0.1) is 0 Å². The monoisotopic (exact) mass is 1010 g/mol. The summed E-state index contributed by atoms with van der Waals surface area (Å²) in [6, 6.07) is 31.3. The normalized spacial score (nSPS) is 14.2. The minimum absolute atomic E-state index is 0.299. The van der Waals surface area contributed by atoms with Crippen molar-refractivity contribution in [3.63, 3.8) is 0 Å². The molecule has 9 aromatic rings. The Morgan fingerprint density at radius 3 is 0.880 bits per heavy atom. The Balaban J connectivity index is 0.000000108. The first-order chi connectivity index (χ1) is 36.8. The maximum Gasteiger partial charge on any atom is 0.231 e. The fourth-order valence-corrected chi connectivity index (χ4v) is 11.3. The number of pyridine rings is 3. The summed E-state index contributed by atoms with van der Waals surface area (Å²) in [5.41, 5.74) is 11.0. The summed E-state index contributed by atoms with van der Waals surface area (Å²) in [5, 5.41) is 6.51. The van der Waals surface area contributed by atoms with Gasteiger partial charge in [0.05, 0.1) is 75.5 Å². The molecule has 15 heteroatoms. The minimum Gasteiger partial charge on any atom is -0.493 e. The van der Waals surface area contributed by atoms with E-state index in [9.17, 15) is 0 Å². The van der Waals surface area contributed by atoms with Crippen LogP contribution in [0.1, 0.15) is 16.7 Å². The van der Waals surface area contributed by atoms with E-state index in [1.807, 2.05) is 18.2 Å². The molecule has 0 bridgehead atoms. The fraction of sp³-hybridized carbons (Fsp3) is 0.250. The molecular weight excluding hydrogens is 955 g/mol. The molecule has 9 heterocycles. The quantitative estimate of drug-likeness (QED) is 0.148. The summed E-state index contributed by atoms with van der Waals surface area (Å²) >= 11 is 0. The summed E-state index contributed by atoms with van der Waals surface area (Å²) in [6.45, 7) is 3.64. The average molecular weight is 1010 g/mol. The number of hydrogen-bond acceptors (Lipinski definition) is 12. The molecule has 0 fully saturated rings. The van der Waals surface area contributed by atoms with Crippen LogP contribution in [0.5, 0.6) is 69.0 Å². The Kier molecular flexibility index (Phi) is 11.4. The minimum atomic E-state index is 0.299. The zero-order chi connectivity index (χ0) is 50.9. The Labute approximate surface area is 432 Å². The van der Waals surface area contributed by atoms with E-state index in [1.54, 1.807) is 42.7 Å². The van der Waals surface area contributed by atoms with E-state index in [4.69, 9.17) is 56.8 Å². The van der Waals surface area contributed by atoms with Gasteiger partial charge in [-0.15, -0.1) is 0 Å². The molecule has 6 aliphatic rings. The van der Waals surface area contributed by atoms with Crippen molar-refractivity contribution in [2.24, 2.45) is 0 Å². The molecule has 0 atom stereocenters. The molecule has 0 N–H and O–H groups in total. The summed E-state index contributed by atoms with van der Waals surface area (Å²) in [4.78, 5) is 0. The van der Waals surface area contributed by atoms with Crippen molar-refractivity contribution in [1.82, 2.24) is 0 Å². The lowest BCUT2D eigenvalue weighted by Crippen LogP contribution is -2.40. The van der Waals surface area contributed by atoms with Crippen LogP contribution in [0.25, 0.3) is 66.1 Å². The van der Waals surface area contributed by atoms with E-state index in [-0.39, 0.29) is 0 Å². The lowest BCUT2D eigenvalue weighted by molar-refractivity contribution is -0.686. The summed E-state index contributed by atoms with van der Waals surface area (Å²) in [6.07, 6.45) is 9.34. The zero-order valence-corrected chi connectivity index (χ0v) is 42.5. The standard InChI is InChI=1S/3C20H18NO4/c3*1-22-17-4-3-12-7-16-14-9-19-18(24-11-25-19)8-13(14)5-6-21(16)10-15(12)20(17)23-2/h3*3-4,7-10H,5-6,11H2,1-2H3/q3*+1. The highest BCUT2D eigenvalue weighted by molar-refractivity contribution is 5.94. The van der Waals surface area contributed by atoms with Crippen molar-refractivity contribution in [3.8, 4) is 103 Å². The SMILES string of the molecule is COc1ccc2cc3[n+](cc2c1OC)CCc1cc2c(cc1-3)OCO2.COc1ccc2cc3[n+](cc2c1OC)CCc1cc2c(cc1-3)OCO2.COc1ccc2cc3[n+](cc2c1OC)CCc1cc2c(cc1-3)OCO2. The number of aromatic nitrogens is 3. The highest BCUT2D eigenvalue weighted by Gasteiger charge is 2.32. The van der Waals surface area contributed by atoms with E-state index < -0.39 is 0 Å². The van der Waals surface area contributed by atoms with Gasteiger partial charge >= 0.3 is 0 Å². The van der Waals surface area contributed by atoms with E-state index >= 15 is 0 Å². The molecule has 0 spiro atoms. The molecule has 15 rings (SSSR count). The van der Waals surface area contributed by atoms with Crippen LogP contribution < -0.4 is 70.5 Å². The number of benzene rings is 6. The fourth-order valence-electron chi connectivity index (χ4n) is 11.3. The molecule has 6 aliphatic heterocycles. The van der Waals surface area contributed by atoms with E-state index in [1.165, 1.54) is 50.5 Å². The van der Waals surface area contributed by atoms with Crippen molar-refractivity contribution in [2.75, 3.05) is 63.0 Å². The van der Waals surface area contributed by atoms with E-state index in [0.717, 1.165) is 140 Å². The second kappa shape index (κ2) is 18.6. The second-order valence-corrected chi connectivity index (χ2v) is 18.8. The predicted molar refractivity (Wildman–Crippen MR) is 278 cm³/mol. The van der Waals surface area contributed by atoms with Gasteiger partial charge in [-0.1, -0.05) is 0 Å². The lowest BCUT2D eigenvalue weighted by atomic mass is 9.95. The Hall–Kier alpha value is -8.85. The molecular formula is C60H54N3O12+3. The average Bonchev–Trinajstić information content (AvgIpc) is 4.25. The number of aryl methyl sites for hydroxylation is 6. The summed E-state index contributed by atoms with van der Waals surface area (Å²) < 4.78 is 73.2. The molecule has 0 amide bonds. The third kappa shape index (κ3) is 7.75. The van der Waals surface area contributed by atoms with Crippen LogP contribution in [-0.4, -0.2) is 63.0 Å². The number of fused-ring (bicyclic) bond motifs is 15. The van der Waals surface area contributed by atoms with Gasteiger partial charge in [-0.3, -0.25) is 0 Å².